The number of Topliss-reactive ketones (excluding diaryl/α,β-unsaturated/α-hetero) is 1. The first-order valence-corrected chi connectivity index (χ1v) is 13.2. The number of thioether (sulfide) groups is 1. The van der Waals surface area contributed by atoms with Gasteiger partial charge in [0.05, 0.1) is 18.2 Å². The molecule has 2 fully saturated rings. The second-order valence-electron chi connectivity index (χ2n) is 9.91. The molecule has 196 valence electrons. The second-order valence-corrected chi connectivity index (χ2v) is 11.0. The summed E-state index contributed by atoms with van der Waals surface area (Å²) in [6.45, 7) is 4.61. The summed E-state index contributed by atoms with van der Waals surface area (Å²) >= 11 is 1.60. The van der Waals surface area contributed by atoms with Crippen molar-refractivity contribution in [2.24, 2.45) is 13.0 Å². The number of benzene rings is 2. The summed E-state index contributed by atoms with van der Waals surface area (Å²) < 4.78 is 45.7. The fourth-order valence-electron chi connectivity index (χ4n) is 5.45. The fraction of sp³-hybridized carbons (Fsp3) is 0.444. The van der Waals surface area contributed by atoms with Gasteiger partial charge < -0.3 is 14.2 Å². The Kier molecular flexibility index (Phi) is 6.83. The molecule has 1 aliphatic carbocycles. The molecule has 3 aromatic rings. The van der Waals surface area contributed by atoms with Crippen LogP contribution in [0.15, 0.2) is 47.6 Å². The maximum atomic E-state index is 12.8. The predicted octanol–water partition coefficient (Wildman–Crippen LogP) is 5.47. The van der Waals surface area contributed by atoms with E-state index in [-0.39, 0.29) is 11.2 Å². The van der Waals surface area contributed by atoms with Crippen LogP contribution in [0.2, 0.25) is 0 Å². The molecule has 1 aromatic heterocycles. The van der Waals surface area contributed by atoms with E-state index in [0.717, 1.165) is 55.5 Å². The maximum absolute atomic E-state index is 12.8. The number of carbonyl (C=O) groups excluding carboxylic acids is 1. The van der Waals surface area contributed by atoms with Crippen molar-refractivity contribution in [3.05, 3.63) is 59.2 Å². The third-order valence-corrected chi connectivity index (χ3v) is 8.63. The van der Waals surface area contributed by atoms with Crippen molar-refractivity contribution in [3.8, 4) is 17.1 Å². The van der Waals surface area contributed by atoms with Crippen LogP contribution in [-0.4, -0.2) is 57.9 Å². The number of aromatic nitrogens is 3. The molecule has 2 aromatic carbocycles. The van der Waals surface area contributed by atoms with Gasteiger partial charge in [-0.25, -0.2) is 0 Å². The van der Waals surface area contributed by atoms with E-state index in [4.69, 9.17) is 4.74 Å². The lowest BCUT2D eigenvalue weighted by Crippen LogP contribution is -2.28. The van der Waals surface area contributed by atoms with Crippen LogP contribution in [0, 0.1) is 5.92 Å². The topological polar surface area (TPSA) is 60.2 Å². The lowest BCUT2D eigenvalue weighted by atomic mass is 9.92. The van der Waals surface area contributed by atoms with Crippen molar-refractivity contribution in [1.82, 2.24) is 19.7 Å². The number of methoxy groups -OCH3 is 1. The third kappa shape index (κ3) is 5.01. The quantitative estimate of drug-likeness (QED) is 0.208. The zero-order valence-corrected chi connectivity index (χ0v) is 21.8. The van der Waals surface area contributed by atoms with E-state index in [2.05, 4.69) is 21.2 Å². The highest BCUT2D eigenvalue weighted by Crippen LogP contribution is 2.59. The number of nitrogens with zero attached hydrogens (tertiary/aromatic N) is 4. The number of alkyl halides is 3. The molecule has 37 heavy (non-hydrogen) atoms. The number of carbonyl (C=O) groups is 1. The molecule has 0 amide bonds. The van der Waals surface area contributed by atoms with Crippen LogP contribution in [0.5, 0.6) is 5.75 Å². The van der Waals surface area contributed by atoms with Crippen LogP contribution in [0.4, 0.5) is 13.2 Å². The molecule has 6 nitrogen and oxygen atoms in total. The number of halogens is 3. The first-order chi connectivity index (χ1) is 17.6. The molecule has 1 aliphatic heterocycles. The van der Waals surface area contributed by atoms with Gasteiger partial charge in [0.25, 0.3) is 0 Å². The molecule has 10 heteroatoms. The number of piperidine rings is 1. The Bertz CT molecular complexity index is 1310. The number of hydrogen-bond donors (Lipinski definition) is 0. The number of ketones is 1. The monoisotopic (exact) mass is 530 g/mol. The number of rotatable bonds is 9. The van der Waals surface area contributed by atoms with Gasteiger partial charge in [0.1, 0.15) is 5.75 Å². The molecule has 1 saturated carbocycles. The lowest BCUT2D eigenvalue weighted by Gasteiger charge is -2.21. The Morgan fingerprint density at radius 1 is 1.19 bits per heavy atom. The van der Waals surface area contributed by atoms with E-state index >= 15 is 0 Å². The van der Waals surface area contributed by atoms with E-state index in [1.807, 2.05) is 23.7 Å². The largest absolute Gasteiger partial charge is 0.496 e. The summed E-state index contributed by atoms with van der Waals surface area (Å²) in [6, 6.07) is 11.0. The van der Waals surface area contributed by atoms with Crippen LogP contribution in [0.25, 0.3) is 11.4 Å². The van der Waals surface area contributed by atoms with Crippen LogP contribution >= 0.6 is 11.8 Å². The molecule has 0 N–H and O–H groups in total. The van der Waals surface area contributed by atoms with Gasteiger partial charge in [0.2, 0.25) is 0 Å². The van der Waals surface area contributed by atoms with E-state index < -0.39 is 11.7 Å². The minimum Gasteiger partial charge on any atom is -0.496 e. The van der Waals surface area contributed by atoms with E-state index in [1.165, 1.54) is 17.7 Å². The van der Waals surface area contributed by atoms with Crippen molar-refractivity contribution in [2.45, 2.75) is 36.5 Å². The smallest absolute Gasteiger partial charge is 0.416 e. The lowest BCUT2D eigenvalue weighted by molar-refractivity contribution is -0.137. The molecule has 0 radical (unpaired) electrons. The summed E-state index contributed by atoms with van der Waals surface area (Å²) in [7, 11) is 3.42. The Morgan fingerprint density at radius 3 is 2.62 bits per heavy atom. The normalized spacial score (nSPS) is 21.2. The second kappa shape index (κ2) is 9.79. The minimum atomic E-state index is -4.36. The van der Waals surface area contributed by atoms with Crippen molar-refractivity contribution in [1.29, 1.82) is 0 Å². The molecule has 2 unspecified atom stereocenters. The molecule has 0 spiro atoms. The number of fused-ring (bicyclic) bond motifs is 1. The van der Waals surface area contributed by atoms with Gasteiger partial charge in [-0.1, -0.05) is 30.0 Å². The van der Waals surface area contributed by atoms with Crippen LogP contribution < -0.4 is 4.74 Å². The Balaban J connectivity index is 1.14. The fourth-order valence-corrected chi connectivity index (χ4v) is 6.28. The van der Waals surface area contributed by atoms with Crippen molar-refractivity contribution < 1.29 is 22.7 Å². The molecule has 2 heterocycles. The highest BCUT2D eigenvalue weighted by Gasteiger charge is 2.60. The molecular weight excluding hydrogens is 501 g/mol. The first-order valence-electron chi connectivity index (χ1n) is 12.2. The first kappa shape index (κ1) is 25.8. The van der Waals surface area contributed by atoms with Crippen LogP contribution in [-0.2, 0) is 18.6 Å². The predicted molar refractivity (Wildman–Crippen MR) is 136 cm³/mol. The van der Waals surface area contributed by atoms with Gasteiger partial charge in [0.15, 0.2) is 16.8 Å². The van der Waals surface area contributed by atoms with Crippen LogP contribution in [0.1, 0.15) is 41.3 Å². The maximum Gasteiger partial charge on any atom is 0.416 e. The van der Waals surface area contributed by atoms with Crippen LogP contribution in [0.3, 0.4) is 0 Å². The summed E-state index contributed by atoms with van der Waals surface area (Å²) in [4.78, 5) is 14.6. The average molecular weight is 531 g/mol. The zero-order valence-electron chi connectivity index (χ0n) is 21.0. The van der Waals surface area contributed by atoms with Crippen molar-refractivity contribution >= 4 is 17.5 Å². The average Bonchev–Trinajstić information content (AvgIpc) is 3.25. The van der Waals surface area contributed by atoms with Gasteiger partial charge in [0, 0.05) is 36.9 Å². The molecule has 1 saturated heterocycles. The number of likely N-dealkylation sites (tertiary alicyclic amines) is 1. The summed E-state index contributed by atoms with van der Waals surface area (Å²) in [5.41, 5.74) is 1.94. The van der Waals surface area contributed by atoms with Gasteiger partial charge in [-0.2, -0.15) is 13.2 Å². The summed E-state index contributed by atoms with van der Waals surface area (Å²) in [6.07, 6.45) is -2.22. The van der Waals surface area contributed by atoms with E-state index in [1.54, 1.807) is 25.8 Å². The SMILES string of the molecule is COc1ccc(C23CC2CN(CCCSc2nnc(-c4ccc(C(F)(F)F)cc4)n2C)C3)cc1C(C)=O. The number of ether oxygens (including phenoxy) is 1. The Morgan fingerprint density at radius 2 is 1.95 bits per heavy atom. The van der Waals surface area contributed by atoms with Gasteiger partial charge in [-0.05, 0) is 62.1 Å². The zero-order chi connectivity index (χ0) is 26.4. The highest BCUT2D eigenvalue weighted by molar-refractivity contribution is 7.99. The third-order valence-electron chi connectivity index (χ3n) is 7.53. The molecule has 2 aliphatic rings. The highest BCUT2D eigenvalue weighted by atomic mass is 32.2. The summed E-state index contributed by atoms with van der Waals surface area (Å²) in [5.74, 6) is 2.68. The molecule has 0 bridgehead atoms. The molecule has 5 rings (SSSR count). The van der Waals surface area contributed by atoms with Crippen molar-refractivity contribution in [3.63, 3.8) is 0 Å². The Hall–Kier alpha value is -2.85. The van der Waals surface area contributed by atoms with E-state index in [0.29, 0.717) is 28.6 Å². The van der Waals surface area contributed by atoms with Gasteiger partial charge in [-0.15, -0.1) is 10.2 Å². The standard InChI is InChI=1S/C27H29F3N4O2S/c1-17(35)22-13-20(9-10-23(22)36-3)26-14-21(26)15-34(16-26)11-4-12-37-25-32-31-24(33(25)2)18-5-7-19(8-6-18)27(28,29)30/h5-10,13,21H,4,11-12,14-16H2,1-3H3. The minimum absolute atomic E-state index is 0.0180. The number of hydrogen-bond acceptors (Lipinski definition) is 6. The molecule has 2 atom stereocenters. The molecular formula is C27H29F3N4O2S. The van der Waals surface area contributed by atoms with E-state index in [9.17, 15) is 18.0 Å². The summed E-state index contributed by atoms with van der Waals surface area (Å²) in [5, 5.41) is 9.17. The van der Waals surface area contributed by atoms with Gasteiger partial charge in [-0.3, -0.25) is 4.79 Å². The van der Waals surface area contributed by atoms with Gasteiger partial charge >= 0.3 is 6.18 Å². The Labute approximate surface area is 218 Å². The van der Waals surface area contributed by atoms with Crippen molar-refractivity contribution in [2.75, 3.05) is 32.5 Å².